The summed E-state index contributed by atoms with van der Waals surface area (Å²) in [5.74, 6) is 4.06. The number of nitrogens with one attached hydrogen (secondary N) is 1. The molecule has 0 bridgehead atoms. The zero-order valence-electron chi connectivity index (χ0n) is 11.7. The summed E-state index contributed by atoms with van der Waals surface area (Å²) >= 11 is 0. The van der Waals surface area contributed by atoms with Crippen molar-refractivity contribution in [1.82, 2.24) is 10.2 Å². The summed E-state index contributed by atoms with van der Waals surface area (Å²) in [7, 11) is 1.93. The summed E-state index contributed by atoms with van der Waals surface area (Å²) in [5, 5.41) is 3.57. The third-order valence-corrected chi connectivity index (χ3v) is 5.02. The average Bonchev–Trinajstić information content (AvgIpc) is 3.11. The van der Waals surface area contributed by atoms with Gasteiger partial charge in [0.1, 0.15) is 0 Å². The van der Waals surface area contributed by atoms with Crippen molar-refractivity contribution in [2.24, 2.45) is 22.7 Å². The van der Waals surface area contributed by atoms with Crippen LogP contribution in [-0.2, 0) is 0 Å². The van der Waals surface area contributed by atoms with Gasteiger partial charge >= 0.3 is 0 Å². The molecule has 1 N–H and O–H groups in total. The highest BCUT2D eigenvalue weighted by molar-refractivity contribution is 5.80. The lowest BCUT2D eigenvalue weighted by molar-refractivity contribution is 0.299. The first-order valence-corrected chi connectivity index (χ1v) is 7.82. The van der Waals surface area contributed by atoms with E-state index in [9.17, 15) is 0 Å². The van der Waals surface area contributed by atoms with E-state index >= 15 is 0 Å². The van der Waals surface area contributed by atoms with Crippen LogP contribution in [0.2, 0.25) is 0 Å². The zero-order valence-corrected chi connectivity index (χ0v) is 11.7. The van der Waals surface area contributed by atoms with Crippen molar-refractivity contribution < 1.29 is 0 Å². The number of hydrogen-bond donors (Lipinski definition) is 1. The molecule has 1 aliphatic heterocycles. The highest BCUT2D eigenvalue weighted by Crippen LogP contribution is 2.36. The van der Waals surface area contributed by atoms with Crippen LogP contribution in [0.4, 0.5) is 0 Å². The van der Waals surface area contributed by atoms with Crippen LogP contribution in [0.1, 0.15) is 44.9 Å². The van der Waals surface area contributed by atoms with Crippen LogP contribution in [0.3, 0.4) is 0 Å². The number of fused-ring (bicyclic) bond motifs is 1. The Balaban J connectivity index is 1.49. The van der Waals surface area contributed by atoms with Crippen molar-refractivity contribution in [2.45, 2.75) is 44.9 Å². The summed E-state index contributed by atoms with van der Waals surface area (Å²) in [5.41, 5.74) is 0. The Morgan fingerprint density at radius 1 is 1.11 bits per heavy atom. The first-order valence-electron chi connectivity index (χ1n) is 7.82. The van der Waals surface area contributed by atoms with Gasteiger partial charge in [-0.3, -0.25) is 4.99 Å². The largest absolute Gasteiger partial charge is 0.356 e. The molecule has 3 aliphatic rings. The van der Waals surface area contributed by atoms with E-state index in [4.69, 9.17) is 0 Å². The van der Waals surface area contributed by atoms with Gasteiger partial charge < -0.3 is 10.2 Å². The molecule has 3 fully saturated rings. The van der Waals surface area contributed by atoms with Crippen LogP contribution in [-0.4, -0.2) is 37.5 Å². The van der Waals surface area contributed by atoms with Crippen molar-refractivity contribution in [2.75, 3.05) is 26.7 Å². The van der Waals surface area contributed by atoms with Crippen molar-refractivity contribution in [3.8, 4) is 0 Å². The number of hydrogen-bond acceptors (Lipinski definition) is 1. The monoisotopic (exact) mass is 249 g/mol. The molecule has 18 heavy (non-hydrogen) atoms. The van der Waals surface area contributed by atoms with Gasteiger partial charge in [-0.2, -0.15) is 0 Å². The summed E-state index contributed by atoms with van der Waals surface area (Å²) in [6, 6.07) is 0. The molecule has 3 nitrogen and oxygen atoms in total. The minimum absolute atomic E-state index is 0.945. The lowest BCUT2D eigenvalue weighted by Crippen LogP contribution is -2.40. The summed E-state index contributed by atoms with van der Waals surface area (Å²) in [4.78, 5) is 6.98. The predicted molar refractivity (Wildman–Crippen MR) is 75.7 cm³/mol. The Bertz CT molecular complexity index is 295. The molecule has 1 heterocycles. The molecular formula is C15H27N3. The quantitative estimate of drug-likeness (QED) is 0.615. The van der Waals surface area contributed by atoms with Crippen molar-refractivity contribution in [1.29, 1.82) is 0 Å². The Kier molecular flexibility index (Phi) is 3.76. The van der Waals surface area contributed by atoms with Gasteiger partial charge in [0, 0.05) is 26.7 Å². The van der Waals surface area contributed by atoms with Crippen LogP contribution in [0, 0.1) is 17.8 Å². The average molecular weight is 249 g/mol. The highest BCUT2D eigenvalue weighted by Gasteiger charge is 2.35. The van der Waals surface area contributed by atoms with Crippen LogP contribution in [0.5, 0.6) is 0 Å². The summed E-state index contributed by atoms with van der Waals surface area (Å²) in [6.45, 7) is 3.60. The molecule has 0 aromatic carbocycles. The molecule has 0 radical (unpaired) electrons. The second-order valence-corrected chi connectivity index (χ2v) is 6.42. The van der Waals surface area contributed by atoms with Gasteiger partial charge in [-0.05, 0) is 37.0 Å². The van der Waals surface area contributed by atoms with E-state index in [0.717, 1.165) is 30.3 Å². The van der Waals surface area contributed by atoms with E-state index in [2.05, 4.69) is 15.2 Å². The Morgan fingerprint density at radius 3 is 2.33 bits per heavy atom. The number of aliphatic imine (C=N–C) groups is 1. The molecule has 0 aromatic heterocycles. The molecule has 0 aromatic rings. The van der Waals surface area contributed by atoms with Crippen LogP contribution < -0.4 is 5.32 Å². The first-order chi connectivity index (χ1) is 8.86. The summed E-state index contributed by atoms with van der Waals surface area (Å²) in [6.07, 6.45) is 10.0. The van der Waals surface area contributed by atoms with E-state index in [1.165, 1.54) is 58.0 Å². The SMILES string of the molecule is CN=C(NCCC1CC1)N1CC2CCCCC2C1. The normalized spacial score (nSPS) is 32.5. The van der Waals surface area contributed by atoms with E-state index in [1.807, 2.05) is 7.05 Å². The fourth-order valence-electron chi connectivity index (χ4n) is 3.71. The lowest BCUT2D eigenvalue weighted by Gasteiger charge is -2.22. The molecule has 0 spiro atoms. The number of rotatable bonds is 3. The minimum Gasteiger partial charge on any atom is -0.356 e. The van der Waals surface area contributed by atoms with Crippen molar-refractivity contribution in [3.63, 3.8) is 0 Å². The molecule has 2 aliphatic carbocycles. The van der Waals surface area contributed by atoms with Gasteiger partial charge in [0.05, 0.1) is 0 Å². The van der Waals surface area contributed by atoms with Gasteiger partial charge in [0.2, 0.25) is 0 Å². The second-order valence-electron chi connectivity index (χ2n) is 6.42. The fraction of sp³-hybridized carbons (Fsp3) is 0.933. The summed E-state index contributed by atoms with van der Waals surface area (Å²) < 4.78 is 0. The third-order valence-electron chi connectivity index (χ3n) is 5.02. The lowest BCUT2D eigenvalue weighted by atomic mass is 9.82. The Morgan fingerprint density at radius 2 is 1.78 bits per heavy atom. The number of likely N-dealkylation sites (tertiary alicyclic amines) is 1. The van der Waals surface area contributed by atoms with E-state index in [1.54, 1.807) is 0 Å². The number of guanidine groups is 1. The van der Waals surface area contributed by atoms with Crippen molar-refractivity contribution in [3.05, 3.63) is 0 Å². The van der Waals surface area contributed by atoms with Crippen molar-refractivity contribution >= 4 is 5.96 Å². The first kappa shape index (κ1) is 12.3. The maximum atomic E-state index is 4.48. The third kappa shape index (κ3) is 2.81. The van der Waals surface area contributed by atoms with Crippen LogP contribution in [0.25, 0.3) is 0 Å². The standard InChI is InChI=1S/C15H27N3/c1-16-15(17-9-8-12-6-7-12)18-10-13-4-2-3-5-14(13)11-18/h12-14H,2-11H2,1H3,(H,16,17). The molecular weight excluding hydrogens is 222 g/mol. The molecule has 0 amide bonds. The molecule has 2 saturated carbocycles. The van der Waals surface area contributed by atoms with Gasteiger partial charge in [-0.25, -0.2) is 0 Å². The van der Waals surface area contributed by atoms with Gasteiger partial charge in [0.15, 0.2) is 5.96 Å². The van der Waals surface area contributed by atoms with Gasteiger partial charge in [-0.1, -0.05) is 25.7 Å². The Labute approximate surface area is 111 Å². The zero-order chi connectivity index (χ0) is 12.4. The second kappa shape index (κ2) is 5.50. The minimum atomic E-state index is 0.945. The molecule has 3 heteroatoms. The Hall–Kier alpha value is -0.730. The fourth-order valence-corrected chi connectivity index (χ4v) is 3.71. The maximum Gasteiger partial charge on any atom is 0.193 e. The smallest absolute Gasteiger partial charge is 0.193 e. The highest BCUT2D eigenvalue weighted by atomic mass is 15.3. The van der Waals surface area contributed by atoms with E-state index < -0.39 is 0 Å². The van der Waals surface area contributed by atoms with E-state index in [0.29, 0.717) is 0 Å². The molecule has 2 unspecified atom stereocenters. The van der Waals surface area contributed by atoms with E-state index in [-0.39, 0.29) is 0 Å². The predicted octanol–water partition coefficient (Wildman–Crippen LogP) is 2.48. The molecule has 1 saturated heterocycles. The topological polar surface area (TPSA) is 27.6 Å². The van der Waals surface area contributed by atoms with Crippen LogP contribution in [0.15, 0.2) is 4.99 Å². The van der Waals surface area contributed by atoms with Gasteiger partial charge in [0.25, 0.3) is 0 Å². The molecule has 3 rings (SSSR count). The number of nitrogens with zero attached hydrogens (tertiary/aromatic N) is 2. The van der Waals surface area contributed by atoms with Gasteiger partial charge in [-0.15, -0.1) is 0 Å². The maximum absolute atomic E-state index is 4.48. The molecule has 2 atom stereocenters. The molecule has 102 valence electrons. The van der Waals surface area contributed by atoms with Crippen LogP contribution >= 0.6 is 0 Å².